The van der Waals surface area contributed by atoms with E-state index in [2.05, 4.69) is 42.9 Å². The van der Waals surface area contributed by atoms with Crippen molar-refractivity contribution in [3.05, 3.63) is 24.0 Å². The molecule has 0 aliphatic rings. The fourth-order valence-corrected chi connectivity index (χ4v) is 2.21. The summed E-state index contributed by atoms with van der Waals surface area (Å²) in [6.45, 7) is 10.8. The van der Waals surface area contributed by atoms with Crippen molar-refractivity contribution in [3.63, 3.8) is 0 Å². The van der Waals surface area contributed by atoms with E-state index in [4.69, 9.17) is 18.0 Å². The van der Waals surface area contributed by atoms with Gasteiger partial charge in [0.1, 0.15) is 4.99 Å². The zero-order valence-electron chi connectivity index (χ0n) is 12.2. The summed E-state index contributed by atoms with van der Waals surface area (Å²) in [7, 11) is 0. The lowest BCUT2D eigenvalue weighted by molar-refractivity contribution is 0.182. The molecule has 0 fully saturated rings. The van der Waals surface area contributed by atoms with Crippen molar-refractivity contribution in [2.24, 2.45) is 5.73 Å². The quantitative estimate of drug-likeness (QED) is 0.750. The second-order valence-corrected chi connectivity index (χ2v) is 5.59. The number of aromatic nitrogens is 1. The van der Waals surface area contributed by atoms with Crippen molar-refractivity contribution in [1.82, 2.24) is 9.88 Å². The Hall–Kier alpha value is -1.20. The first-order chi connectivity index (χ1) is 8.91. The van der Waals surface area contributed by atoms with Crippen LogP contribution in [0.2, 0.25) is 0 Å². The van der Waals surface area contributed by atoms with Crippen LogP contribution >= 0.6 is 12.2 Å². The van der Waals surface area contributed by atoms with Gasteiger partial charge < -0.3 is 11.1 Å². The average molecular weight is 280 g/mol. The molecule has 1 aromatic heterocycles. The molecular weight excluding hydrogens is 256 g/mol. The molecule has 0 unspecified atom stereocenters. The van der Waals surface area contributed by atoms with Gasteiger partial charge in [0, 0.05) is 25.2 Å². The van der Waals surface area contributed by atoms with E-state index in [-0.39, 0.29) is 0 Å². The Balaban J connectivity index is 2.46. The van der Waals surface area contributed by atoms with Gasteiger partial charge in [0.25, 0.3) is 0 Å². The number of hydrogen-bond donors (Lipinski definition) is 2. The van der Waals surface area contributed by atoms with Gasteiger partial charge in [0.2, 0.25) is 0 Å². The van der Waals surface area contributed by atoms with E-state index >= 15 is 0 Å². The molecule has 3 N–H and O–H groups in total. The minimum absolute atomic E-state index is 0.331. The molecule has 0 radical (unpaired) electrons. The van der Waals surface area contributed by atoms with Crippen LogP contribution in [0.1, 0.15) is 33.4 Å². The third-order valence-corrected chi connectivity index (χ3v) is 3.25. The first kappa shape index (κ1) is 15.9. The summed E-state index contributed by atoms with van der Waals surface area (Å²) in [5, 5.41) is 3.36. The highest BCUT2D eigenvalue weighted by Crippen LogP contribution is 2.07. The van der Waals surface area contributed by atoms with Crippen LogP contribution in [0.3, 0.4) is 0 Å². The summed E-state index contributed by atoms with van der Waals surface area (Å²) in [5.41, 5.74) is 7.16. The topological polar surface area (TPSA) is 54.2 Å². The number of hydrogen-bond acceptors (Lipinski definition) is 4. The number of nitrogens with two attached hydrogens (primary N) is 1. The van der Waals surface area contributed by atoms with Crippen LogP contribution in [-0.2, 0) is 0 Å². The summed E-state index contributed by atoms with van der Waals surface area (Å²) < 4.78 is 0. The van der Waals surface area contributed by atoms with E-state index in [1.165, 1.54) is 0 Å². The minimum atomic E-state index is 0.331. The maximum Gasteiger partial charge on any atom is 0.122 e. The lowest BCUT2D eigenvalue weighted by Crippen LogP contribution is -2.40. The van der Waals surface area contributed by atoms with Gasteiger partial charge in [0.05, 0.1) is 17.6 Å². The van der Waals surface area contributed by atoms with E-state index < -0.39 is 0 Å². The molecule has 1 aromatic rings. The highest BCUT2D eigenvalue weighted by molar-refractivity contribution is 7.80. The Labute approximate surface area is 121 Å². The van der Waals surface area contributed by atoms with Gasteiger partial charge in [-0.1, -0.05) is 12.2 Å². The van der Waals surface area contributed by atoms with Gasteiger partial charge in [0.15, 0.2) is 0 Å². The molecule has 0 aliphatic heterocycles. The third-order valence-electron chi connectivity index (χ3n) is 3.04. The molecule has 4 nitrogen and oxygen atoms in total. The van der Waals surface area contributed by atoms with Crippen molar-refractivity contribution >= 4 is 22.9 Å². The fourth-order valence-electron chi connectivity index (χ4n) is 2.09. The smallest absolute Gasteiger partial charge is 0.122 e. The second kappa shape index (κ2) is 7.40. The zero-order chi connectivity index (χ0) is 14.4. The monoisotopic (exact) mass is 280 g/mol. The van der Waals surface area contributed by atoms with Crippen LogP contribution in [0.4, 0.5) is 5.69 Å². The van der Waals surface area contributed by atoms with Crippen LogP contribution in [0.25, 0.3) is 0 Å². The fraction of sp³-hybridized carbons (Fsp3) is 0.571. The molecule has 0 aliphatic carbocycles. The largest absolute Gasteiger partial charge is 0.388 e. The van der Waals surface area contributed by atoms with Crippen LogP contribution in [-0.4, -0.2) is 40.0 Å². The molecular formula is C14H24N4S. The molecule has 0 spiro atoms. The van der Waals surface area contributed by atoms with E-state index in [9.17, 15) is 0 Å². The molecule has 1 heterocycles. The highest BCUT2D eigenvalue weighted by Gasteiger charge is 2.12. The molecule has 0 saturated carbocycles. The normalized spacial score (nSPS) is 11.3. The van der Waals surface area contributed by atoms with E-state index in [1.54, 1.807) is 6.20 Å². The van der Waals surface area contributed by atoms with Gasteiger partial charge in [-0.3, -0.25) is 9.88 Å². The predicted molar refractivity (Wildman–Crippen MR) is 85.6 cm³/mol. The highest BCUT2D eigenvalue weighted by atomic mass is 32.1. The van der Waals surface area contributed by atoms with Gasteiger partial charge in [-0.2, -0.15) is 0 Å². The Bertz CT molecular complexity index is 392. The maximum absolute atomic E-state index is 5.51. The number of nitrogens with zero attached hydrogens (tertiary/aromatic N) is 2. The van der Waals surface area contributed by atoms with Gasteiger partial charge in [-0.25, -0.2) is 0 Å². The maximum atomic E-state index is 5.51. The Morgan fingerprint density at radius 3 is 2.37 bits per heavy atom. The average Bonchev–Trinajstić information content (AvgIpc) is 2.34. The Kier molecular flexibility index (Phi) is 6.18. The molecule has 1 rings (SSSR count). The summed E-state index contributed by atoms with van der Waals surface area (Å²) >= 11 is 4.87. The summed E-state index contributed by atoms with van der Waals surface area (Å²) in [5.74, 6) is 0. The number of nitrogens with one attached hydrogen (secondary N) is 1. The first-order valence-electron chi connectivity index (χ1n) is 6.67. The van der Waals surface area contributed by atoms with E-state index in [1.807, 2.05) is 12.1 Å². The van der Waals surface area contributed by atoms with Gasteiger partial charge in [-0.05, 0) is 39.8 Å². The number of rotatable bonds is 7. The first-order valence-corrected chi connectivity index (χ1v) is 7.08. The van der Waals surface area contributed by atoms with Crippen molar-refractivity contribution in [1.29, 1.82) is 0 Å². The molecule has 0 saturated heterocycles. The second-order valence-electron chi connectivity index (χ2n) is 5.15. The van der Waals surface area contributed by atoms with E-state index in [0.717, 1.165) is 18.8 Å². The SMILES string of the molecule is CC(C)N(CCNc1ccc(C(N)=S)nc1)C(C)C. The van der Waals surface area contributed by atoms with E-state index in [0.29, 0.717) is 22.8 Å². The van der Waals surface area contributed by atoms with Crippen molar-refractivity contribution in [2.45, 2.75) is 39.8 Å². The third kappa shape index (κ3) is 5.12. The Morgan fingerprint density at radius 2 is 1.95 bits per heavy atom. The molecule has 0 amide bonds. The van der Waals surface area contributed by atoms with Crippen molar-refractivity contribution in [3.8, 4) is 0 Å². The Morgan fingerprint density at radius 1 is 1.32 bits per heavy atom. The summed E-state index contributed by atoms with van der Waals surface area (Å²) in [6, 6.07) is 4.90. The predicted octanol–water partition coefficient (Wildman–Crippen LogP) is 2.25. The number of anilines is 1. The lowest BCUT2D eigenvalue weighted by Gasteiger charge is -2.30. The number of pyridine rings is 1. The lowest BCUT2D eigenvalue weighted by atomic mass is 10.2. The van der Waals surface area contributed by atoms with Gasteiger partial charge in [-0.15, -0.1) is 0 Å². The molecule has 106 valence electrons. The number of thiocarbonyl (C=S) groups is 1. The van der Waals surface area contributed by atoms with Crippen LogP contribution < -0.4 is 11.1 Å². The molecule has 5 heteroatoms. The summed E-state index contributed by atoms with van der Waals surface area (Å²) in [4.78, 5) is 6.98. The molecule has 0 bridgehead atoms. The molecule has 0 atom stereocenters. The minimum Gasteiger partial charge on any atom is -0.388 e. The van der Waals surface area contributed by atoms with Crippen LogP contribution in [0.5, 0.6) is 0 Å². The summed E-state index contributed by atoms with van der Waals surface area (Å²) in [6.07, 6.45) is 1.77. The van der Waals surface area contributed by atoms with Crippen molar-refractivity contribution < 1.29 is 0 Å². The molecule has 19 heavy (non-hydrogen) atoms. The zero-order valence-corrected chi connectivity index (χ0v) is 13.0. The van der Waals surface area contributed by atoms with Crippen LogP contribution in [0.15, 0.2) is 18.3 Å². The molecule has 0 aromatic carbocycles. The standard InChI is InChI=1S/C14H24N4S/c1-10(2)18(11(3)4)8-7-16-12-5-6-13(14(15)19)17-9-12/h5-6,9-11,16H,7-8H2,1-4H3,(H2,15,19). The van der Waals surface area contributed by atoms with Gasteiger partial charge >= 0.3 is 0 Å². The van der Waals surface area contributed by atoms with Crippen LogP contribution in [0, 0.1) is 0 Å². The van der Waals surface area contributed by atoms with Crippen molar-refractivity contribution in [2.75, 3.05) is 18.4 Å².